The molecule has 3 aromatic rings. The zero-order valence-corrected chi connectivity index (χ0v) is 17.0. The molecule has 1 unspecified atom stereocenters. The van der Waals surface area contributed by atoms with Crippen molar-refractivity contribution >= 4 is 16.7 Å². The third kappa shape index (κ3) is 5.29. The van der Waals surface area contributed by atoms with Gasteiger partial charge in [0, 0.05) is 18.0 Å². The summed E-state index contributed by atoms with van der Waals surface area (Å²) in [6.07, 6.45) is 2.48. The molecule has 0 radical (unpaired) electrons. The van der Waals surface area contributed by atoms with Crippen molar-refractivity contribution in [1.82, 2.24) is 20.0 Å². The minimum absolute atomic E-state index is 0.0834. The Labute approximate surface area is 171 Å². The molecule has 152 valence electrons. The van der Waals surface area contributed by atoms with Crippen LogP contribution in [-0.2, 0) is 17.8 Å². The summed E-state index contributed by atoms with van der Waals surface area (Å²) in [5.41, 5.74) is 0.994. The zero-order chi connectivity index (χ0) is 20.6. The molecule has 1 aromatic heterocycles. The summed E-state index contributed by atoms with van der Waals surface area (Å²) in [5.74, 6) is -0.208. The molecule has 1 atom stereocenters. The van der Waals surface area contributed by atoms with Crippen LogP contribution < -0.4 is 10.9 Å². The molecule has 0 saturated heterocycles. The van der Waals surface area contributed by atoms with Gasteiger partial charge in [0.1, 0.15) is 6.54 Å². The Kier molecular flexibility index (Phi) is 7.14. The minimum Gasteiger partial charge on any atom is -0.353 e. The Morgan fingerprint density at radius 2 is 1.76 bits per heavy atom. The molecule has 6 nitrogen and oxygen atoms in total. The Bertz CT molecular complexity index is 996. The maximum Gasteiger partial charge on any atom is 0.275 e. The highest BCUT2D eigenvalue weighted by molar-refractivity contribution is 5.81. The van der Waals surface area contributed by atoms with Crippen molar-refractivity contribution in [2.45, 2.75) is 32.9 Å². The smallest absolute Gasteiger partial charge is 0.275 e. The van der Waals surface area contributed by atoms with E-state index < -0.39 is 0 Å². The number of carbonyl (C=O) groups is 1. The van der Waals surface area contributed by atoms with Crippen LogP contribution in [-0.4, -0.2) is 46.3 Å². The largest absolute Gasteiger partial charge is 0.353 e. The first-order valence-electron chi connectivity index (χ1n) is 10.1. The molecule has 0 aliphatic heterocycles. The van der Waals surface area contributed by atoms with Crippen LogP contribution in [0.3, 0.4) is 0 Å². The van der Waals surface area contributed by atoms with Gasteiger partial charge in [-0.25, -0.2) is 4.68 Å². The summed E-state index contributed by atoms with van der Waals surface area (Å²) in [6, 6.07) is 17.7. The average molecular weight is 393 g/mol. The molecular formula is C23H28N4O2. The van der Waals surface area contributed by atoms with Crippen molar-refractivity contribution < 1.29 is 4.79 Å². The molecule has 1 heterocycles. The molecule has 6 heteroatoms. The Hall–Kier alpha value is -2.99. The van der Waals surface area contributed by atoms with E-state index in [0.717, 1.165) is 24.9 Å². The van der Waals surface area contributed by atoms with Gasteiger partial charge in [0.05, 0.1) is 11.6 Å². The quantitative estimate of drug-likeness (QED) is 0.607. The monoisotopic (exact) mass is 392 g/mol. The summed E-state index contributed by atoms with van der Waals surface area (Å²) in [7, 11) is 0. The molecule has 0 fully saturated rings. The molecule has 0 bridgehead atoms. The van der Waals surface area contributed by atoms with Gasteiger partial charge in [-0.1, -0.05) is 62.4 Å². The third-order valence-electron chi connectivity index (χ3n) is 5.23. The van der Waals surface area contributed by atoms with Gasteiger partial charge in [0.2, 0.25) is 5.91 Å². The molecule has 0 aliphatic carbocycles. The van der Waals surface area contributed by atoms with E-state index in [1.807, 2.05) is 36.4 Å². The molecule has 2 aromatic carbocycles. The van der Waals surface area contributed by atoms with Crippen molar-refractivity contribution in [1.29, 1.82) is 0 Å². The van der Waals surface area contributed by atoms with Gasteiger partial charge in [0.15, 0.2) is 0 Å². The third-order valence-corrected chi connectivity index (χ3v) is 5.23. The van der Waals surface area contributed by atoms with E-state index in [2.05, 4.69) is 41.3 Å². The number of aromatic nitrogens is 2. The van der Waals surface area contributed by atoms with E-state index in [4.69, 9.17) is 0 Å². The van der Waals surface area contributed by atoms with Crippen LogP contribution >= 0.6 is 0 Å². The number of fused-ring (bicyclic) bond motifs is 1. The first-order valence-corrected chi connectivity index (χ1v) is 10.1. The number of amides is 1. The predicted molar refractivity (Wildman–Crippen MR) is 116 cm³/mol. The summed E-state index contributed by atoms with van der Waals surface area (Å²) in [4.78, 5) is 27.4. The number of benzene rings is 2. The Morgan fingerprint density at radius 3 is 2.48 bits per heavy atom. The van der Waals surface area contributed by atoms with Crippen molar-refractivity contribution in [3.05, 3.63) is 76.7 Å². The number of nitrogens with zero attached hydrogens (tertiary/aromatic N) is 3. The Balaban J connectivity index is 1.67. The van der Waals surface area contributed by atoms with Crippen LogP contribution in [0, 0.1) is 0 Å². The second kappa shape index (κ2) is 9.98. The maximum absolute atomic E-state index is 12.6. The second-order valence-corrected chi connectivity index (χ2v) is 7.06. The van der Waals surface area contributed by atoms with Crippen LogP contribution in [0.25, 0.3) is 10.8 Å². The molecule has 0 aliphatic rings. The highest BCUT2D eigenvalue weighted by atomic mass is 16.2. The summed E-state index contributed by atoms with van der Waals surface area (Å²) < 4.78 is 1.22. The van der Waals surface area contributed by atoms with Gasteiger partial charge in [-0.05, 0) is 31.1 Å². The van der Waals surface area contributed by atoms with E-state index in [9.17, 15) is 9.59 Å². The van der Waals surface area contributed by atoms with Crippen molar-refractivity contribution in [3.8, 4) is 0 Å². The van der Waals surface area contributed by atoms with Crippen molar-refractivity contribution in [3.63, 3.8) is 0 Å². The zero-order valence-electron chi connectivity index (χ0n) is 17.0. The van der Waals surface area contributed by atoms with E-state index in [-0.39, 0.29) is 24.1 Å². The number of hydrogen-bond acceptors (Lipinski definition) is 4. The first kappa shape index (κ1) is 20.7. The number of nitrogens with one attached hydrogen (secondary N) is 1. The molecule has 3 rings (SSSR count). The van der Waals surface area contributed by atoms with Crippen LogP contribution in [0.4, 0.5) is 0 Å². The number of hydrogen-bond donors (Lipinski definition) is 1. The first-order chi connectivity index (χ1) is 14.1. The lowest BCUT2D eigenvalue weighted by molar-refractivity contribution is -0.122. The van der Waals surface area contributed by atoms with E-state index in [1.54, 1.807) is 12.3 Å². The summed E-state index contributed by atoms with van der Waals surface area (Å²) in [6.45, 7) is 6.52. The van der Waals surface area contributed by atoms with Gasteiger partial charge in [-0.15, -0.1) is 0 Å². The highest BCUT2D eigenvalue weighted by Crippen LogP contribution is 2.09. The van der Waals surface area contributed by atoms with Crippen LogP contribution in [0.2, 0.25) is 0 Å². The number of likely N-dealkylation sites (N-methyl/N-ethyl adjacent to an activating group) is 1. The van der Waals surface area contributed by atoms with Gasteiger partial charge in [-0.2, -0.15) is 5.10 Å². The predicted octanol–water partition coefficient (Wildman–Crippen LogP) is 2.47. The van der Waals surface area contributed by atoms with Gasteiger partial charge in [0.25, 0.3) is 5.56 Å². The van der Waals surface area contributed by atoms with Gasteiger partial charge < -0.3 is 5.32 Å². The highest BCUT2D eigenvalue weighted by Gasteiger charge is 2.18. The standard InChI is InChI=1S/C23H28N4O2/c1-3-26(4-2)20(14-18-10-6-5-7-11-18)16-24-22(28)17-27-23(29)21-13-9-8-12-19(21)15-25-27/h5-13,15,20H,3-4,14,16-17H2,1-2H3,(H,24,28). The van der Waals surface area contributed by atoms with E-state index >= 15 is 0 Å². The maximum atomic E-state index is 12.6. The lowest BCUT2D eigenvalue weighted by atomic mass is 10.0. The SMILES string of the molecule is CCN(CC)C(CNC(=O)Cn1ncc2ccccc2c1=O)Cc1ccccc1. The molecular weight excluding hydrogens is 364 g/mol. The topological polar surface area (TPSA) is 67.2 Å². The molecule has 0 saturated carbocycles. The van der Waals surface area contributed by atoms with Crippen molar-refractivity contribution in [2.75, 3.05) is 19.6 Å². The lowest BCUT2D eigenvalue weighted by Gasteiger charge is -2.30. The summed E-state index contributed by atoms with van der Waals surface area (Å²) >= 11 is 0. The molecule has 1 N–H and O–H groups in total. The van der Waals surface area contributed by atoms with Crippen LogP contribution in [0.1, 0.15) is 19.4 Å². The normalized spacial score (nSPS) is 12.2. The lowest BCUT2D eigenvalue weighted by Crippen LogP contribution is -2.46. The fourth-order valence-corrected chi connectivity index (χ4v) is 3.62. The van der Waals surface area contributed by atoms with Crippen molar-refractivity contribution in [2.24, 2.45) is 0 Å². The fourth-order valence-electron chi connectivity index (χ4n) is 3.62. The van der Waals surface area contributed by atoms with Gasteiger partial charge >= 0.3 is 0 Å². The summed E-state index contributed by atoms with van der Waals surface area (Å²) in [5, 5.41) is 8.48. The van der Waals surface area contributed by atoms with Crippen LogP contribution in [0.15, 0.2) is 65.6 Å². The number of rotatable bonds is 9. The van der Waals surface area contributed by atoms with Crippen LogP contribution in [0.5, 0.6) is 0 Å². The second-order valence-electron chi connectivity index (χ2n) is 7.06. The number of carbonyl (C=O) groups excluding carboxylic acids is 1. The molecule has 1 amide bonds. The average Bonchev–Trinajstić information content (AvgIpc) is 2.75. The van der Waals surface area contributed by atoms with Gasteiger partial charge in [-0.3, -0.25) is 14.5 Å². The minimum atomic E-state index is -0.247. The fraction of sp³-hybridized carbons (Fsp3) is 0.348. The van der Waals surface area contributed by atoms with E-state index in [0.29, 0.717) is 11.9 Å². The van der Waals surface area contributed by atoms with E-state index in [1.165, 1.54) is 10.2 Å². The Morgan fingerprint density at radius 1 is 1.07 bits per heavy atom. The molecule has 0 spiro atoms. The molecule has 29 heavy (non-hydrogen) atoms.